The second-order valence-corrected chi connectivity index (χ2v) is 8.08. The van der Waals surface area contributed by atoms with E-state index in [2.05, 4.69) is 44.5 Å². The summed E-state index contributed by atoms with van der Waals surface area (Å²) in [5, 5.41) is 6.59. The number of ether oxygens (including phenoxy) is 1. The number of rotatable bonds is 5. The second kappa shape index (κ2) is 5.95. The van der Waals surface area contributed by atoms with Gasteiger partial charge in [-0.2, -0.15) is 0 Å². The van der Waals surface area contributed by atoms with Crippen LogP contribution in [0.25, 0.3) is 0 Å². The van der Waals surface area contributed by atoms with Crippen molar-refractivity contribution in [2.24, 2.45) is 0 Å². The van der Waals surface area contributed by atoms with E-state index < -0.39 is 0 Å². The first-order valence-corrected chi connectivity index (χ1v) is 8.39. The topological polar surface area (TPSA) is 21.3 Å². The summed E-state index contributed by atoms with van der Waals surface area (Å²) >= 11 is 3.88. The van der Waals surface area contributed by atoms with Gasteiger partial charge >= 0.3 is 0 Å². The van der Waals surface area contributed by atoms with Gasteiger partial charge in [0.05, 0.1) is 9.81 Å². The van der Waals surface area contributed by atoms with Crippen LogP contribution in [0.4, 0.5) is 0 Å². The lowest BCUT2D eigenvalue weighted by molar-refractivity contribution is -0.0108. The highest BCUT2D eigenvalue weighted by Crippen LogP contribution is 2.43. The average Bonchev–Trinajstić information content (AvgIpc) is 2.73. The number of thiophene rings is 1. The third-order valence-electron chi connectivity index (χ3n) is 3.22. The van der Waals surface area contributed by atoms with Crippen LogP contribution in [0.1, 0.15) is 45.7 Å². The van der Waals surface area contributed by atoms with Gasteiger partial charge in [-0.3, -0.25) is 0 Å². The predicted molar refractivity (Wildman–Crippen MR) is 80.7 cm³/mol. The molecule has 0 aliphatic carbocycles. The van der Waals surface area contributed by atoms with E-state index in [4.69, 9.17) is 4.74 Å². The van der Waals surface area contributed by atoms with Crippen molar-refractivity contribution >= 4 is 23.1 Å². The third-order valence-corrected chi connectivity index (χ3v) is 5.56. The van der Waals surface area contributed by atoms with Crippen molar-refractivity contribution in [2.45, 2.75) is 55.2 Å². The molecule has 1 N–H and O–H groups in total. The lowest BCUT2D eigenvalue weighted by atomic mass is 10.0. The van der Waals surface area contributed by atoms with Crippen molar-refractivity contribution in [1.82, 2.24) is 5.32 Å². The molecule has 0 saturated carbocycles. The molecule has 4 heteroatoms. The smallest absolute Gasteiger partial charge is 0.0750 e. The Hall–Kier alpha value is -0.0300. The highest BCUT2D eigenvalue weighted by atomic mass is 32.2. The van der Waals surface area contributed by atoms with Gasteiger partial charge < -0.3 is 10.1 Å². The summed E-state index contributed by atoms with van der Waals surface area (Å²) in [6.45, 7) is 10.3. The molecule has 0 radical (unpaired) electrons. The maximum absolute atomic E-state index is 5.75. The predicted octanol–water partition coefficient (Wildman–Crippen LogP) is 4.08. The fourth-order valence-corrected chi connectivity index (χ4v) is 4.92. The molecular formula is C14H23NOS2. The van der Waals surface area contributed by atoms with Crippen LogP contribution in [0.3, 0.4) is 0 Å². The zero-order valence-corrected chi connectivity index (χ0v) is 13.3. The number of hydrogen-bond acceptors (Lipinski definition) is 4. The molecule has 0 spiro atoms. The fourth-order valence-electron chi connectivity index (χ4n) is 2.35. The van der Waals surface area contributed by atoms with Gasteiger partial charge in [0, 0.05) is 24.4 Å². The molecule has 1 aromatic rings. The molecule has 0 amide bonds. The molecule has 1 aliphatic heterocycles. The Balaban J connectivity index is 1.98. The van der Waals surface area contributed by atoms with E-state index in [1.807, 2.05) is 23.1 Å². The van der Waals surface area contributed by atoms with E-state index in [-0.39, 0.29) is 5.60 Å². The Kier molecular flexibility index (Phi) is 4.75. The van der Waals surface area contributed by atoms with E-state index >= 15 is 0 Å². The van der Waals surface area contributed by atoms with Gasteiger partial charge in [0.2, 0.25) is 0 Å². The lowest BCUT2D eigenvalue weighted by Gasteiger charge is -2.32. The molecule has 102 valence electrons. The first kappa shape index (κ1) is 14.4. The molecule has 1 aliphatic rings. The molecule has 2 atom stereocenters. The van der Waals surface area contributed by atoms with E-state index in [9.17, 15) is 0 Å². The van der Waals surface area contributed by atoms with Crippen molar-refractivity contribution in [2.75, 3.05) is 13.2 Å². The maximum atomic E-state index is 5.75. The Labute approximate surface area is 119 Å². The monoisotopic (exact) mass is 285 g/mol. The molecule has 1 aromatic heterocycles. The van der Waals surface area contributed by atoms with Crippen molar-refractivity contribution in [3.63, 3.8) is 0 Å². The summed E-state index contributed by atoms with van der Waals surface area (Å²) in [5.41, 5.74) is 1.40. The number of hydrogen-bond donors (Lipinski definition) is 1. The molecule has 0 bridgehead atoms. The third kappa shape index (κ3) is 3.50. The molecule has 18 heavy (non-hydrogen) atoms. The number of thioether (sulfide) groups is 1. The van der Waals surface area contributed by atoms with Gasteiger partial charge in [-0.05, 0) is 44.2 Å². The summed E-state index contributed by atoms with van der Waals surface area (Å²) in [4.78, 5) is 0. The van der Waals surface area contributed by atoms with Crippen molar-refractivity contribution in [3.8, 4) is 0 Å². The zero-order valence-electron chi connectivity index (χ0n) is 11.7. The maximum Gasteiger partial charge on any atom is 0.0750 e. The molecule has 0 fully saturated rings. The van der Waals surface area contributed by atoms with Gasteiger partial charge in [0.25, 0.3) is 0 Å². The average molecular weight is 285 g/mol. The van der Waals surface area contributed by atoms with Gasteiger partial charge in [0.15, 0.2) is 0 Å². The molecule has 0 saturated heterocycles. The number of nitrogens with one attached hydrogen (secondary N) is 1. The van der Waals surface area contributed by atoms with Gasteiger partial charge in [0.1, 0.15) is 0 Å². The quantitative estimate of drug-likeness (QED) is 0.881. The van der Waals surface area contributed by atoms with Gasteiger partial charge in [-0.15, -0.1) is 23.1 Å². The van der Waals surface area contributed by atoms with Crippen LogP contribution in [0.2, 0.25) is 0 Å². The summed E-state index contributed by atoms with van der Waals surface area (Å²) in [5.74, 6) is 0. The second-order valence-electron chi connectivity index (χ2n) is 5.45. The van der Waals surface area contributed by atoms with Crippen molar-refractivity contribution < 1.29 is 4.74 Å². The van der Waals surface area contributed by atoms with Crippen LogP contribution in [-0.2, 0) is 4.74 Å². The number of fused-ring (bicyclic) bond motifs is 1. The summed E-state index contributed by atoms with van der Waals surface area (Å²) < 4.78 is 7.24. The Morgan fingerprint density at radius 2 is 2.28 bits per heavy atom. The summed E-state index contributed by atoms with van der Waals surface area (Å²) in [6.07, 6.45) is 1.20. The Bertz CT molecular complexity index is 389. The minimum atomic E-state index is -0.0846. The zero-order chi connectivity index (χ0) is 13.2. The molecule has 2 nitrogen and oxygen atoms in total. The van der Waals surface area contributed by atoms with Crippen molar-refractivity contribution in [3.05, 3.63) is 17.0 Å². The first-order valence-electron chi connectivity index (χ1n) is 6.63. The molecule has 0 aromatic carbocycles. The van der Waals surface area contributed by atoms with E-state index in [0.29, 0.717) is 11.3 Å². The summed E-state index contributed by atoms with van der Waals surface area (Å²) in [6, 6.07) is 2.76. The molecular weight excluding hydrogens is 262 g/mol. The SMILES string of the molecule is CCOC(C)(C)CNC1C[C@H](C)Sc2sccc21. The van der Waals surface area contributed by atoms with Gasteiger partial charge in [-0.1, -0.05) is 6.92 Å². The minimum absolute atomic E-state index is 0.0846. The largest absolute Gasteiger partial charge is 0.375 e. The minimum Gasteiger partial charge on any atom is -0.375 e. The highest BCUT2D eigenvalue weighted by Gasteiger charge is 2.28. The summed E-state index contributed by atoms with van der Waals surface area (Å²) in [7, 11) is 0. The van der Waals surface area contributed by atoms with Crippen molar-refractivity contribution in [1.29, 1.82) is 0 Å². The van der Waals surface area contributed by atoms with Gasteiger partial charge in [-0.25, -0.2) is 0 Å². The van der Waals surface area contributed by atoms with E-state index in [1.54, 1.807) is 0 Å². The highest BCUT2D eigenvalue weighted by molar-refractivity contribution is 8.01. The molecule has 2 rings (SSSR count). The van der Waals surface area contributed by atoms with Crippen LogP contribution in [-0.4, -0.2) is 24.0 Å². The van der Waals surface area contributed by atoms with Crippen LogP contribution in [0.5, 0.6) is 0 Å². The van der Waals surface area contributed by atoms with Crippen LogP contribution < -0.4 is 5.32 Å². The lowest BCUT2D eigenvalue weighted by Crippen LogP contribution is -2.40. The van der Waals surface area contributed by atoms with Crippen LogP contribution in [0, 0.1) is 0 Å². The first-order chi connectivity index (χ1) is 8.52. The molecule has 1 unspecified atom stereocenters. The molecule has 2 heterocycles. The van der Waals surface area contributed by atoms with Crippen LogP contribution in [0.15, 0.2) is 15.7 Å². The van der Waals surface area contributed by atoms with E-state index in [0.717, 1.165) is 13.2 Å². The standard InChI is InChI=1S/C14H23NOS2/c1-5-16-14(3,4)9-15-12-8-10(2)18-13-11(12)6-7-17-13/h6-7,10,12,15H,5,8-9H2,1-4H3/t10-,12?/m0/s1. The van der Waals surface area contributed by atoms with E-state index in [1.165, 1.54) is 16.2 Å². The normalized spacial score (nSPS) is 24.0. The Morgan fingerprint density at radius 3 is 3.00 bits per heavy atom. The fraction of sp³-hybridized carbons (Fsp3) is 0.714. The Morgan fingerprint density at radius 1 is 1.50 bits per heavy atom. The van der Waals surface area contributed by atoms with Crippen LogP contribution >= 0.6 is 23.1 Å².